The molecule has 3 heterocycles. The zero-order chi connectivity index (χ0) is 21.3. The van der Waals surface area contributed by atoms with Gasteiger partial charge in [0, 0.05) is 32.2 Å². The molecule has 1 aromatic carbocycles. The van der Waals surface area contributed by atoms with Crippen LogP contribution in [0.15, 0.2) is 58.2 Å². The maximum absolute atomic E-state index is 13.1. The number of amides is 1. The van der Waals surface area contributed by atoms with Crippen molar-refractivity contribution < 1.29 is 13.6 Å². The van der Waals surface area contributed by atoms with Gasteiger partial charge >= 0.3 is 0 Å². The second-order valence-electron chi connectivity index (χ2n) is 6.41. The van der Waals surface area contributed by atoms with E-state index in [1.807, 2.05) is 0 Å². The summed E-state index contributed by atoms with van der Waals surface area (Å²) < 4.78 is 20.0. The molecule has 30 heavy (non-hydrogen) atoms. The highest BCUT2D eigenvalue weighted by Crippen LogP contribution is 2.27. The lowest BCUT2D eigenvalue weighted by Crippen LogP contribution is -2.21. The van der Waals surface area contributed by atoms with Gasteiger partial charge in [-0.3, -0.25) is 9.59 Å². The molecule has 0 spiro atoms. The molecule has 9 nitrogen and oxygen atoms in total. The minimum absolute atomic E-state index is 0.169. The summed E-state index contributed by atoms with van der Waals surface area (Å²) >= 11 is 0. The van der Waals surface area contributed by atoms with Crippen molar-refractivity contribution in [2.45, 2.75) is 0 Å². The maximum atomic E-state index is 13.1. The SMILES string of the molecule is CNC(=O)c1cnc(Nc2ccc(F)cc2)nc1Nc1coc2ccn(C)c(=O)c12. The van der Waals surface area contributed by atoms with Crippen LogP contribution in [0, 0.1) is 5.82 Å². The van der Waals surface area contributed by atoms with Gasteiger partial charge in [0.15, 0.2) is 0 Å². The molecule has 0 unspecified atom stereocenters. The van der Waals surface area contributed by atoms with Crippen LogP contribution in [-0.2, 0) is 7.05 Å². The van der Waals surface area contributed by atoms with Crippen LogP contribution < -0.4 is 21.5 Å². The number of carbonyl (C=O) groups is 1. The van der Waals surface area contributed by atoms with E-state index in [0.717, 1.165) is 0 Å². The molecule has 152 valence electrons. The Morgan fingerprint density at radius 1 is 1.17 bits per heavy atom. The lowest BCUT2D eigenvalue weighted by atomic mass is 10.2. The summed E-state index contributed by atoms with van der Waals surface area (Å²) in [5, 5.41) is 8.79. The van der Waals surface area contributed by atoms with Crippen molar-refractivity contribution in [2.24, 2.45) is 7.05 Å². The zero-order valence-corrected chi connectivity index (χ0v) is 16.1. The number of anilines is 4. The van der Waals surface area contributed by atoms with E-state index in [1.54, 1.807) is 19.3 Å². The number of aromatic nitrogens is 3. The third kappa shape index (κ3) is 3.58. The highest BCUT2D eigenvalue weighted by atomic mass is 19.1. The van der Waals surface area contributed by atoms with E-state index in [2.05, 4.69) is 25.9 Å². The highest BCUT2D eigenvalue weighted by molar-refractivity contribution is 6.00. The van der Waals surface area contributed by atoms with Crippen molar-refractivity contribution in [3.8, 4) is 0 Å². The summed E-state index contributed by atoms with van der Waals surface area (Å²) in [4.78, 5) is 33.3. The van der Waals surface area contributed by atoms with Crippen molar-refractivity contribution in [3.05, 3.63) is 70.7 Å². The number of hydrogen-bond acceptors (Lipinski definition) is 7. The van der Waals surface area contributed by atoms with Crippen LogP contribution >= 0.6 is 0 Å². The maximum Gasteiger partial charge on any atom is 0.263 e. The molecule has 0 atom stereocenters. The number of nitrogens with zero attached hydrogens (tertiary/aromatic N) is 3. The molecule has 1 amide bonds. The Balaban J connectivity index is 1.75. The number of rotatable bonds is 5. The monoisotopic (exact) mass is 408 g/mol. The van der Waals surface area contributed by atoms with E-state index in [4.69, 9.17) is 4.42 Å². The predicted molar refractivity (Wildman–Crippen MR) is 110 cm³/mol. The van der Waals surface area contributed by atoms with Crippen LogP contribution in [0.5, 0.6) is 0 Å². The summed E-state index contributed by atoms with van der Waals surface area (Å²) in [6, 6.07) is 7.34. The van der Waals surface area contributed by atoms with Gasteiger partial charge in [0.25, 0.3) is 11.5 Å². The number of pyridine rings is 1. The summed E-state index contributed by atoms with van der Waals surface area (Å²) in [7, 11) is 3.11. The Bertz CT molecular complexity index is 1300. The van der Waals surface area contributed by atoms with Crippen LogP contribution in [0.3, 0.4) is 0 Å². The van der Waals surface area contributed by atoms with Gasteiger partial charge in [-0.2, -0.15) is 4.98 Å². The van der Waals surface area contributed by atoms with Crippen LogP contribution in [0.1, 0.15) is 10.4 Å². The third-order valence-corrected chi connectivity index (χ3v) is 4.42. The van der Waals surface area contributed by atoms with Gasteiger partial charge in [0.1, 0.15) is 34.4 Å². The number of hydrogen-bond donors (Lipinski definition) is 3. The molecule has 3 N–H and O–H groups in total. The molecule has 10 heteroatoms. The van der Waals surface area contributed by atoms with E-state index in [0.29, 0.717) is 22.3 Å². The zero-order valence-electron chi connectivity index (χ0n) is 16.1. The Morgan fingerprint density at radius 3 is 2.67 bits per heavy atom. The van der Waals surface area contributed by atoms with Crippen LogP contribution in [0.4, 0.5) is 27.5 Å². The van der Waals surface area contributed by atoms with E-state index in [-0.39, 0.29) is 28.7 Å². The molecule has 0 aliphatic heterocycles. The van der Waals surface area contributed by atoms with Crippen molar-refractivity contribution in [1.82, 2.24) is 19.9 Å². The second kappa shape index (κ2) is 7.66. The summed E-state index contributed by atoms with van der Waals surface area (Å²) in [6.07, 6.45) is 4.33. The Hall–Kier alpha value is -4.21. The largest absolute Gasteiger partial charge is 0.462 e. The highest BCUT2D eigenvalue weighted by Gasteiger charge is 2.18. The van der Waals surface area contributed by atoms with Gasteiger partial charge in [-0.25, -0.2) is 9.37 Å². The van der Waals surface area contributed by atoms with E-state index >= 15 is 0 Å². The van der Waals surface area contributed by atoms with Crippen molar-refractivity contribution >= 4 is 40.0 Å². The van der Waals surface area contributed by atoms with E-state index < -0.39 is 5.91 Å². The van der Waals surface area contributed by atoms with Crippen molar-refractivity contribution in [3.63, 3.8) is 0 Å². The number of aryl methyl sites for hydroxylation is 1. The van der Waals surface area contributed by atoms with Gasteiger partial charge in [-0.15, -0.1) is 0 Å². The third-order valence-electron chi connectivity index (χ3n) is 4.42. The normalized spacial score (nSPS) is 10.8. The molecule has 0 bridgehead atoms. The topological polar surface area (TPSA) is 114 Å². The first-order valence-electron chi connectivity index (χ1n) is 8.92. The molecule has 0 radical (unpaired) electrons. The standard InChI is InChI=1S/C20H17FN6O3/c1-22-18(28)13-9-23-20(24-12-5-3-11(21)4-6-12)26-17(13)25-14-10-30-15-7-8-27(2)19(29)16(14)15/h3-10H,1-2H3,(H,22,28)(H2,23,24,25,26). The number of carbonyl (C=O) groups excluding carboxylic acids is 1. The quantitative estimate of drug-likeness (QED) is 0.465. The van der Waals surface area contributed by atoms with E-state index in [1.165, 1.54) is 48.3 Å². The van der Waals surface area contributed by atoms with Gasteiger partial charge < -0.3 is 24.9 Å². The number of benzene rings is 1. The summed E-state index contributed by atoms with van der Waals surface area (Å²) in [5.41, 5.74) is 1.24. The molecule has 0 saturated heterocycles. The number of fused-ring (bicyclic) bond motifs is 1. The second-order valence-corrected chi connectivity index (χ2v) is 6.41. The van der Waals surface area contributed by atoms with Crippen LogP contribution in [0.25, 0.3) is 11.0 Å². The minimum Gasteiger partial charge on any atom is -0.462 e. The van der Waals surface area contributed by atoms with Gasteiger partial charge in [0.05, 0.1) is 5.69 Å². The summed E-state index contributed by atoms with van der Waals surface area (Å²) in [5.74, 6) is -0.432. The molecule has 4 aromatic rings. The van der Waals surface area contributed by atoms with Crippen LogP contribution in [0.2, 0.25) is 0 Å². The molecule has 0 fully saturated rings. The molecular weight excluding hydrogens is 391 g/mol. The lowest BCUT2D eigenvalue weighted by Gasteiger charge is -2.11. The fraction of sp³-hybridized carbons (Fsp3) is 0.100. The molecule has 0 aliphatic rings. The molecule has 0 aliphatic carbocycles. The minimum atomic E-state index is -0.411. The van der Waals surface area contributed by atoms with Crippen molar-refractivity contribution in [2.75, 3.05) is 17.7 Å². The Labute approximate surface area is 169 Å². The number of nitrogens with one attached hydrogen (secondary N) is 3. The Morgan fingerprint density at radius 2 is 1.93 bits per heavy atom. The van der Waals surface area contributed by atoms with Crippen LogP contribution in [-0.4, -0.2) is 27.5 Å². The molecule has 3 aromatic heterocycles. The molecule has 0 saturated carbocycles. The first kappa shape index (κ1) is 19.1. The number of furan rings is 1. The predicted octanol–water partition coefficient (Wildman–Crippen LogP) is 2.91. The average Bonchev–Trinajstić information content (AvgIpc) is 3.15. The first-order chi connectivity index (χ1) is 14.5. The van der Waals surface area contributed by atoms with Crippen molar-refractivity contribution in [1.29, 1.82) is 0 Å². The fourth-order valence-electron chi connectivity index (χ4n) is 2.86. The lowest BCUT2D eigenvalue weighted by molar-refractivity contribution is 0.0963. The number of halogens is 1. The summed E-state index contributed by atoms with van der Waals surface area (Å²) in [6.45, 7) is 0. The fourth-order valence-corrected chi connectivity index (χ4v) is 2.86. The average molecular weight is 408 g/mol. The first-order valence-corrected chi connectivity index (χ1v) is 8.92. The Kier molecular flexibility index (Phi) is 4.88. The van der Waals surface area contributed by atoms with Gasteiger partial charge in [0.2, 0.25) is 5.95 Å². The molecule has 4 rings (SSSR count). The van der Waals surface area contributed by atoms with Gasteiger partial charge in [-0.1, -0.05) is 0 Å². The van der Waals surface area contributed by atoms with E-state index in [9.17, 15) is 14.0 Å². The van der Waals surface area contributed by atoms with Gasteiger partial charge in [-0.05, 0) is 30.3 Å². The molecular formula is C20H17FN6O3. The smallest absolute Gasteiger partial charge is 0.263 e.